The lowest BCUT2D eigenvalue weighted by molar-refractivity contribution is -0.384. The molecular weight excluding hydrogens is 242 g/mol. The summed E-state index contributed by atoms with van der Waals surface area (Å²) in [6.45, 7) is 0. The minimum atomic E-state index is -1.19. The number of carboxylic acid groups (broad SMARTS) is 1. The Morgan fingerprint density at radius 1 is 1.22 bits per heavy atom. The van der Waals surface area contributed by atoms with Crippen molar-refractivity contribution in [3.63, 3.8) is 0 Å². The number of aromatic hydroxyl groups is 2. The number of aromatic carboxylic acids is 1. The van der Waals surface area contributed by atoms with Gasteiger partial charge in [-0.05, 0) is 29.7 Å². The molecule has 0 aromatic heterocycles. The van der Waals surface area contributed by atoms with Gasteiger partial charge in [-0.2, -0.15) is 0 Å². The average Bonchev–Trinajstić information content (AvgIpc) is 2.29. The van der Waals surface area contributed by atoms with Crippen molar-refractivity contribution in [2.24, 2.45) is 0 Å². The molecule has 2 aromatic carbocycles. The summed E-state index contributed by atoms with van der Waals surface area (Å²) in [4.78, 5) is 20.8. The lowest BCUT2D eigenvalue weighted by Crippen LogP contribution is -1.97. The molecule has 0 radical (unpaired) electrons. The topological polar surface area (TPSA) is 121 Å². The van der Waals surface area contributed by atoms with E-state index in [0.29, 0.717) is 0 Å². The molecule has 0 amide bonds. The third-order valence-electron chi connectivity index (χ3n) is 2.50. The van der Waals surface area contributed by atoms with Crippen molar-refractivity contribution in [2.45, 2.75) is 0 Å². The van der Waals surface area contributed by atoms with E-state index in [-0.39, 0.29) is 16.3 Å². The molecule has 0 saturated heterocycles. The molecule has 7 nitrogen and oxygen atoms in total. The van der Waals surface area contributed by atoms with Crippen LogP contribution < -0.4 is 0 Å². The number of hydrogen-bond acceptors (Lipinski definition) is 5. The van der Waals surface area contributed by atoms with E-state index in [1.807, 2.05) is 0 Å². The van der Waals surface area contributed by atoms with Gasteiger partial charge in [0, 0.05) is 0 Å². The molecule has 0 bridgehead atoms. The second-order valence-electron chi connectivity index (χ2n) is 3.59. The highest BCUT2D eigenvalue weighted by atomic mass is 16.6. The van der Waals surface area contributed by atoms with Gasteiger partial charge < -0.3 is 15.3 Å². The number of benzene rings is 2. The van der Waals surface area contributed by atoms with Gasteiger partial charge in [0.05, 0.1) is 15.9 Å². The average molecular weight is 249 g/mol. The first-order valence-corrected chi connectivity index (χ1v) is 4.78. The number of phenols is 2. The summed E-state index contributed by atoms with van der Waals surface area (Å²) < 4.78 is 0. The number of nitro groups is 1. The van der Waals surface area contributed by atoms with Crippen LogP contribution in [0.4, 0.5) is 5.69 Å². The van der Waals surface area contributed by atoms with E-state index >= 15 is 0 Å². The SMILES string of the molecule is O=C(O)c1ccc2c([N+](=O)[O-])c(O)c(O)cc2c1. The van der Waals surface area contributed by atoms with Crippen molar-refractivity contribution in [3.05, 3.63) is 39.9 Å². The lowest BCUT2D eigenvalue weighted by atomic mass is 10.0. The van der Waals surface area contributed by atoms with Crippen molar-refractivity contribution < 1.29 is 25.0 Å². The number of phenolic OH excluding ortho intramolecular Hbond substituents is 2. The predicted octanol–water partition coefficient (Wildman–Crippen LogP) is 1.86. The Hall–Kier alpha value is -2.83. The second-order valence-corrected chi connectivity index (χ2v) is 3.59. The molecule has 0 aliphatic carbocycles. The van der Waals surface area contributed by atoms with Crippen LogP contribution in [0.25, 0.3) is 10.8 Å². The number of carbonyl (C=O) groups is 1. The predicted molar refractivity (Wildman–Crippen MR) is 60.9 cm³/mol. The molecule has 2 aromatic rings. The van der Waals surface area contributed by atoms with Gasteiger partial charge in [-0.3, -0.25) is 10.1 Å². The normalized spacial score (nSPS) is 10.4. The van der Waals surface area contributed by atoms with Crippen LogP contribution in [0, 0.1) is 10.1 Å². The highest BCUT2D eigenvalue weighted by Crippen LogP contribution is 2.41. The Morgan fingerprint density at radius 2 is 1.89 bits per heavy atom. The van der Waals surface area contributed by atoms with E-state index in [4.69, 9.17) is 5.11 Å². The molecule has 2 rings (SSSR count). The van der Waals surface area contributed by atoms with Crippen molar-refractivity contribution in [2.75, 3.05) is 0 Å². The van der Waals surface area contributed by atoms with Crippen molar-refractivity contribution >= 4 is 22.4 Å². The molecule has 3 N–H and O–H groups in total. The van der Waals surface area contributed by atoms with Crippen LogP contribution in [0.1, 0.15) is 10.4 Å². The van der Waals surface area contributed by atoms with E-state index in [0.717, 1.165) is 6.07 Å². The van der Waals surface area contributed by atoms with Gasteiger partial charge in [0.1, 0.15) is 0 Å². The molecule has 0 saturated carbocycles. The standard InChI is InChI=1S/C11H7NO6/c13-8-4-6-3-5(11(15)16)1-2-7(6)9(10(8)14)12(17)18/h1-4,13-14H,(H,15,16). The van der Waals surface area contributed by atoms with Crippen LogP contribution in [0.3, 0.4) is 0 Å². The zero-order valence-corrected chi connectivity index (χ0v) is 8.82. The van der Waals surface area contributed by atoms with Crippen LogP contribution in [0.5, 0.6) is 11.5 Å². The maximum atomic E-state index is 10.8. The van der Waals surface area contributed by atoms with E-state index in [1.165, 1.54) is 18.2 Å². The number of rotatable bonds is 2. The molecule has 0 unspecified atom stereocenters. The van der Waals surface area contributed by atoms with Crippen LogP contribution in [-0.2, 0) is 0 Å². The molecule has 0 atom stereocenters. The molecule has 0 fully saturated rings. The Bertz CT molecular complexity index is 679. The fraction of sp³-hybridized carbons (Fsp3) is 0. The second kappa shape index (κ2) is 3.88. The molecule has 0 aliphatic rings. The van der Waals surface area contributed by atoms with Gasteiger partial charge in [-0.1, -0.05) is 0 Å². The molecule has 0 aliphatic heterocycles. The van der Waals surface area contributed by atoms with E-state index < -0.39 is 28.1 Å². The third kappa shape index (κ3) is 1.67. The smallest absolute Gasteiger partial charge is 0.335 e. The van der Waals surface area contributed by atoms with Gasteiger partial charge in [-0.25, -0.2) is 4.79 Å². The summed E-state index contributed by atoms with van der Waals surface area (Å²) in [5.41, 5.74) is -0.719. The maximum absolute atomic E-state index is 10.8. The molecule has 0 heterocycles. The van der Waals surface area contributed by atoms with E-state index in [2.05, 4.69) is 0 Å². The molecule has 18 heavy (non-hydrogen) atoms. The number of nitrogens with zero attached hydrogens (tertiary/aromatic N) is 1. The molecule has 0 spiro atoms. The van der Waals surface area contributed by atoms with Crippen LogP contribution in [0.2, 0.25) is 0 Å². The van der Waals surface area contributed by atoms with E-state index in [1.54, 1.807) is 0 Å². The quantitative estimate of drug-likeness (QED) is 0.424. The summed E-state index contributed by atoms with van der Waals surface area (Å²) in [5, 5.41) is 38.7. The van der Waals surface area contributed by atoms with E-state index in [9.17, 15) is 25.1 Å². The van der Waals surface area contributed by atoms with Crippen molar-refractivity contribution in [1.29, 1.82) is 0 Å². The highest BCUT2D eigenvalue weighted by molar-refractivity contribution is 6.00. The van der Waals surface area contributed by atoms with Gasteiger partial charge in [0.2, 0.25) is 5.75 Å². The first-order valence-electron chi connectivity index (χ1n) is 4.78. The fourth-order valence-corrected chi connectivity index (χ4v) is 1.68. The minimum Gasteiger partial charge on any atom is -0.504 e. The summed E-state index contributed by atoms with van der Waals surface area (Å²) in [7, 11) is 0. The van der Waals surface area contributed by atoms with Gasteiger partial charge in [-0.15, -0.1) is 0 Å². The number of carboxylic acids is 1. The summed E-state index contributed by atoms with van der Waals surface area (Å²) in [5.74, 6) is -2.69. The molecule has 7 heteroatoms. The summed E-state index contributed by atoms with van der Waals surface area (Å²) in [6.07, 6.45) is 0. The van der Waals surface area contributed by atoms with Crippen LogP contribution in [0.15, 0.2) is 24.3 Å². The monoisotopic (exact) mass is 249 g/mol. The Kier molecular flexibility index (Phi) is 2.51. The van der Waals surface area contributed by atoms with Crippen molar-refractivity contribution in [3.8, 4) is 11.5 Å². The summed E-state index contributed by atoms with van der Waals surface area (Å²) in [6, 6.07) is 4.66. The number of nitro benzene ring substituents is 1. The fourth-order valence-electron chi connectivity index (χ4n) is 1.68. The zero-order valence-electron chi connectivity index (χ0n) is 8.82. The summed E-state index contributed by atoms with van der Waals surface area (Å²) >= 11 is 0. The largest absolute Gasteiger partial charge is 0.504 e. The Morgan fingerprint density at radius 3 is 2.44 bits per heavy atom. The van der Waals surface area contributed by atoms with Crippen LogP contribution >= 0.6 is 0 Å². The lowest BCUT2D eigenvalue weighted by Gasteiger charge is -2.05. The Labute approximate surface area is 99.7 Å². The van der Waals surface area contributed by atoms with Gasteiger partial charge in [0.25, 0.3) is 0 Å². The molecule has 92 valence electrons. The molecular formula is C11H7NO6. The first-order chi connectivity index (χ1) is 8.41. The first kappa shape index (κ1) is 11.6. The maximum Gasteiger partial charge on any atom is 0.335 e. The number of fused-ring (bicyclic) bond motifs is 1. The van der Waals surface area contributed by atoms with Crippen LogP contribution in [-0.4, -0.2) is 26.2 Å². The highest BCUT2D eigenvalue weighted by Gasteiger charge is 2.22. The van der Waals surface area contributed by atoms with Gasteiger partial charge >= 0.3 is 11.7 Å². The Balaban J connectivity index is 2.87. The van der Waals surface area contributed by atoms with Crippen molar-refractivity contribution in [1.82, 2.24) is 0 Å². The third-order valence-corrected chi connectivity index (χ3v) is 2.50. The van der Waals surface area contributed by atoms with Gasteiger partial charge in [0.15, 0.2) is 5.75 Å². The minimum absolute atomic E-state index is 0.0558. The number of hydrogen-bond donors (Lipinski definition) is 3. The zero-order chi connectivity index (χ0) is 13.4.